The van der Waals surface area contributed by atoms with E-state index >= 15 is 0 Å². The van der Waals surface area contributed by atoms with E-state index in [4.69, 9.17) is 11.6 Å². The van der Waals surface area contributed by atoms with E-state index in [1.165, 1.54) is 17.1 Å². The smallest absolute Gasteiger partial charge is 0.335 e. The number of carboxylic acids is 1. The van der Waals surface area contributed by atoms with Gasteiger partial charge in [0.15, 0.2) is 5.71 Å². The lowest BCUT2D eigenvalue weighted by atomic mass is 10.0. The van der Waals surface area contributed by atoms with Gasteiger partial charge < -0.3 is 10.2 Å². The summed E-state index contributed by atoms with van der Waals surface area (Å²) in [5, 5.41) is 30.1. The standard InChI is InChI=1S/C24H19ClN4O4/c1-13-9-10-17(12-19(13)25)29-23(31)21(14(2)28-29)27-26-20-8-4-7-18(22(20)30)15-5-3-6-16(11-15)24(32)33/h3-12,26,30H,1-2H3,(H,32,33). The van der Waals surface area contributed by atoms with Gasteiger partial charge in [-0.2, -0.15) is 15.2 Å². The van der Waals surface area contributed by atoms with E-state index in [2.05, 4.69) is 15.6 Å². The molecule has 1 amide bonds. The van der Waals surface area contributed by atoms with E-state index in [1.807, 2.05) is 6.92 Å². The molecular weight excluding hydrogens is 444 g/mol. The Hall–Kier alpha value is -4.17. The molecular formula is C24H19ClN4O4. The third kappa shape index (κ3) is 4.28. The number of benzene rings is 3. The van der Waals surface area contributed by atoms with Gasteiger partial charge in [-0.25, -0.2) is 4.79 Å². The highest BCUT2D eigenvalue weighted by atomic mass is 35.5. The number of nitrogens with one attached hydrogen (secondary N) is 1. The van der Waals surface area contributed by atoms with Gasteiger partial charge in [0, 0.05) is 10.6 Å². The van der Waals surface area contributed by atoms with Crippen LogP contribution in [0.15, 0.2) is 70.9 Å². The fraction of sp³-hybridized carbons (Fsp3) is 0.0833. The van der Waals surface area contributed by atoms with Gasteiger partial charge in [0.2, 0.25) is 0 Å². The van der Waals surface area contributed by atoms with Crippen molar-refractivity contribution in [3.63, 3.8) is 0 Å². The average molecular weight is 463 g/mol. The van der Waals surface area contributed by atoms with Crippen molar-refractivity contribution >= 4 is 46.3 Å². The molecule has 166 valence electrons. The molecule has 3 aromatic carbocycles. The topological polar surface area (TPSA) is 115 Å². The second-order valence-corrected chi connectivity index (χ2v) is 7.80. The van der Waals surface area contributed by atoms with E-state index in [-0.39, 0.29) is 22.7 Å². The zero-order valence-electron chi connectivity index (χ0n) is 17.7. The van der Waals surface area contributed by atoms with Gasteiger partial charge in [0.1, 0.15) is 5.75 Å². The molecule has 0 aliphatic carbocycles. The number of aromatic carboxylic acids is 1. The first-order chi connectivity index (χ1) is 15.8. The molecule has 0 unspecified atom stereocenters. The minimum absolute atomic E-state index is 0.0874. The molecule has 0 fully saturated rings. The summed E-state index contributed by atoms with van der Waals surface area (Å²) in [4.78, 5) is 24.2. The molecule has 3 aromatic rings. The van der Waals surface area contributed by atoms with E-state index < -0.39 is 11.9 Å². The maximum atomic E-state index is 12.9. The van der Waals surface area contributed by atoms with Crippen LogP contribution in [0.2, 0.25) is 5.02 Å². The van der Waals surface area contributed by atoms with Crippen LogP contribution in [0.3, 0.4) is 0 Å². The highest BCUT2D eigenvalue weighted by Crippen LogP contribution is 2.36. The molecule has 3 N–H and O–H groups in total. The Bertz CT molecular complexity index is 1350. The first kappa shape index (κ1) is 22.0. The van der Waals surface area contributed by atoms with Crippen LogP contribution in [0.4, 0.5) is 11.4 Å². The SMILES string of the molecule is CC1=NN(c2ccc(C)c(Cl)c2)C(=O)C1=NNc1cccc(-c2cccc(C(=O)O)c2)c1O. The molecule has 0 saturated carbocycles. The molecule has 1 aliphatic rings. The number of rotatable bonds is 5. The molecule has 0 bridgehead atoms. The van der Waals surface area contributed by atoms with Crippen molar-refractivity contribution in [2.75, 3.05) is 10.4 Å². The first-order valence-corrected chi connectivity index (χ1v) is 10.3. The first-order valence-electron chi connectivity index (χ1n) is 9.92. The molecule has 0 radical (unpaired) electrons. The minimum atomic E-state index is -1.06. The van der Waals surface area contributed by atoms with Gasteiger partial charge in [0.25, 0.3) is 0 Å². The maximum absolute atomic E-state index is 12.9. The Labute approximate surface area is 194 Å². The molecule has 0 aromatic heterocycles. The summed E-state index contributed by atoms with van der Waals surface area (Å²) in [6, 6.07) is 16.4. The van der Waals surface area contributed by atoms with Crippen molar-refractivity contribution in [2.45, 2.75) is 13.8 Å². The van der Waals surface area contributed by atoms with Crippen LogP contribution in [0.25, 0.3) is 11.1 Å². The lowest BCUT2D eigenvalue weighted by Gasteiger charge is -2.13. The molecule has 9 heteroatoms. The van der Waals surface area contributed by atoms with Crippen LogP contribution in [-0.4, -0.2) is 33.5 Å². The van der Waals surface area contributed by atoms with Crippen LogP contribution in [0, 0.1) is 6.92 Å². The number of carboxylic acid groups (broad SMARTS) is 1. The highest BCUT2D eigenvalue weighted by Gasteiger charge is 2.31. The summed E-state index contributed by atoms with van der Waals surface area (Å²) in [5.74, 6) is -1.64. The Morgan fingerprint density at radius 2 is 1.85 bits per heavy atom. The summed E-state index contributed by atoms with van der Waals surface area (Å²) in [5.41, 5.74) is 5.90. The summed E-state index contributed by atoms with van der Waals surface area (Å²) in [6.07, 6.45) is 0. The quantitative estimate of drug-likeness (QED) is 0.368. The largest absolute Gasteiger partial charge is 0.505 e. The van der Waals surface area contributed by atoms with Crippen LogP contribution in [-0.2, 0) is 4.79 Å². The molecule has 33 heavy (non-hydrogen) atoms. The zero-order valence-corrected chi connectivity index (χ0v) is 18.5. The zero-order chi connectivity index (χ0) is 23.7. The van der Waals surface area contributed by atoms with Crippen LogP contribution in [0.5, 0.6) is 5.75 Å². The van der Waals surface area contributed by atoms with Gasteiger partial charge in [-0.1, -0.05) is 41.9 Å². The molecule has 1 heterocycles. The van der Waals surface area contributed by atoms with Crippen molar-refractivity contribution in [1.82, 2.24) is 0 Å². The molecule has 0 spiro atoms. The number of anilines is 2. The number of hydrogen-bond acceptors (Lipinski definition) is 6. The summed E-state index contributed by atoms with van der Waals surface area (Å²) in [6.45, 7) is 3.52. The maximum Gasteiger partial charge on any atom is 0.335 e. The van der Waals surface area contributed by atoms with Gasteiger partial charge in [-0.05, 0) is 55.3 Å². The van der Waals surface area contributed by atoms with Crippen LogP contribution < -0.4 is 10.4 Å². The number of halogens is 1. The lowest BCUT2D eigenvalue weighted by Crippen LogP contribution is -2.28. The monoisotopic (exact) mass is 462 g/mol. The number of hydrogen-bond donors (Lipinski definition) is 3. The fourth-order valence-electron chi connectivity index (χ4n) is 3.32. The summed E-state index contributed by atoms with van der Waals surface area (Å²) < 4.78 is 0. The molecule has 1 aliphatic heterocycles. The van der Waals surface area contributed by atoms with Crippen LogP contribution in [0.1, 0.15) is 22.8 Å². The van der Waals surface area contributed by atoms with Crippen molar-refractivity contribution < 1.29 is 19.8 Å². The minimum Gasteiger partial charge on any atom is -0.505 e. The summed E-state index contributed by atoms with van der Waals surface area (Å²) >= 11 is 6.17. The highest BCUT2D eigenvalue weighted by molar-refractivity contribution is 6.71. The van der Waals surface area contributed by atoms with Crippen molar-refractivity contribution in [1.29, 1.82) is 0 Å². The number of aromatic hydroxyl groups is 1. The van der Waals surface area contributed by atoms with Gasteiger partial charge in [-0.3, -0.25) is 10.2 Å². The van der Waals surface area contributed by atoms with Crippen molar-refractivity contribution in [3.8, 4) is 16.9 Å². The Balaban J connectivity index is 1.61. The third-order valence-corrected chi connectivity index (χ3v) is 5.54. The van der Waals surface area contributed by atoms with E-state index in [1.54, 1.807) is 55.5 Å². The van der Waals surface area contributed by atoms with Crippen molar-refractivity contribution in [2.24, 2.45) is 10.2 Å². The van der Waals surface area contributed by atoms with Gasteiger partial charge in [-0.15, -0.1) is 0 Å². The van der Waals surface area contributed by atoms with Gasteiger partial charge >= 0.3 is 11.9 Å². The van der Waals surface area contributed by atoms with E-state index in [0.717, 1.165) is 5.56 Å². The Morgan fingerprint density at radius 3 is 2.58 bits per heavy atom. The number of amides is 1. The molecule has 8 nitrogen and oxygen atoms in total. The second kappa shape index (κ2) is 8.76. The Kier molecular flexibility index (Phi) is 5.85. The van der Waals surface area contributed by atoms with Crippen LogP contribution >= 0.6 is 11.6 Å². The molecule has 0 atom stereocenters. The van der Waals surface area contributed by atoms with Gasteiger partial charge in [0.05, 0.1) is 22.6 Å². The third-order valence-electron chi connectivity index (χ3n) is 5.13. The molecule has 4 rings (SSSR count). The number of carbonyl (C=O) groups excluding carboxylic acids is 1. The lowest BCUT2D eigenvalue weighted by molar-refractivity contribution is -0.112. The second-order valence-electron chi connectivity index (χ2n) is 7.40. The van der Waals surface area contributed by atoms with E-state index in [9.17, 15) is 19.8 Å². The number of nitrogens with zero attached hydrogens (tertiary/aromatic N) is 3. The number of phenolic OH excluding ortho intramolecular Hbond substituents is 1. The molecule has 0 saturated heterocycles. The number of para-hydroxylation sites is 1. The average Bonchev–Trinajstić information content (AvgIpc) is 3.08. The Morgan fingerprint density at radius 1 is 1.09 bits per heavy atom. The number of phenols is 1. The van der Waals surface area contributed by atoms with E-state index in [0.29, 0.717) is 27.5 Å². The number of aryl methyl sites for hydroxylation is 1. The van der Waals surface area contributed by atoms with Crippen molar-refractivity contribution in [3.05, 3.63) is 76.8 Å². The normalized spacial score (nSPS) is 14.5. The predicted molar refractivity (Wildman–Crippen MR) is 128 cm³/mol. The predicted octanol–water partition coefficient (Wildman–Crippen LogP) is 4.91. The summed E-state index contributed by atoms with van der Waals surface area (Å²) in [7, 11) is 0. The fourth-order valence-corrected chi connectivity index (χ4v) is 3.49. The number of carbonyl (C=O) groups is 2. The number of hydrazone groups is 2.